The van der Waals surface area contributed by atoms with E-state index < -0.39 is 24.3 Å². The average molecular weight is 336 g/mol. The van der Waals surface area contributed by atoms with Crippen molar-refractivity contribution >= 4 is 29.2 Å². The molecule has 2 aromatic rings. The van der Waals surface area contributed by atoms with E-state index in [0.29, 0.717) is 0 Å². The molecule has 0 aromatic heterocycles. The zero-order valence-electron chi connectivity index (χ0n) is 12.4. The third-order valence-corrected chi connectivity index (χ3v) is 3.24. The Morgan fingerprint density at radius 3 is 2.70 bits per heavy atom. The highest BCUT2D eigenvalue weighted by Crippen LogP contribution is 2.18. The maximum absolute atomic E-state index is 13.5. The number of rotatable bonds is 5. The molecule has 23 heavy (non-hydrogen) atoms. The van der Waals surface area contributed by atoms with Crippen molar-refractivity contribution in [3.05, 3.63) is 64.4 Å². The van der Waals surface area contributed by atoms with E-state index >= 15 is 0 Å². The molecule has 2 aromatic carbocycles. The normalized spacial score (nSPS) is 10.2. The first-order chi connectivity index (χ1) is 10.9. The highest BCUT2D eigenvalue weighted by molar-refractivity contribution is 6.30. The lowest BCUT2D eigenvalue weighted by atomic mass is 10.1. The number of amides is 1. The fourth-order valence-corrected chi connectivity index (χ4v) is 2.12. The lowest BCUT2D eigenvalue weighted by Crippen LogP contribution is -2.22. The van der Waals surface area contributed by atoms with E-state index in [1.807, 2.05) is 25.1 Å². The highest BCUT2D eigenvalue weighted by atomic mass is 35.5. The van der Waals surface area contributed by atoms with Crippen LogP contribution in [0.4, 0.5) is 10.1 Å². The largest absolute Gasteiger partial charge is 0.455 e. The molecule has 0 fully saturated rings. The van der Waals surface area contributed by atoms with Crippen LogP contribution in [0.5, 0.6) is 0 Å². The molecule has 1 N–H and O–H groups in total. The van der Waals surface area contributed by atoms with Gasteiger partial charge in [0.25, 0.3) is 5.91 Å². The molecule has 0 saturated heterocycles. The van der Waals surface area contributed by atoms with Crippen molar-refractivity contribution in [3.8, 4) is 0 Å². The second-order valence-corrected chi connectivity index (χ2v) is 5.44. The first kappa shape index (κ1) is 17.0. The van der Waals surface area contributed by atoms with E-state index in [4.69, 9.17) is 16.3 Å². The van der Waals surface area contributed by atoms with Crippen LogP contribution < -0.4 is 5.32 Å². The molecule has 4 nitrogen and oxygen atoms in total. The van der Waals surface area contributed by atoms with Crippen LogP contribution in [-0.4, -0.2) is 18.5 Å². The SMILES string of the molecule is Cc1cccc(CC(=O)OCC(=O)Nc2ccc(Cl)cc2F)c1. The van der Waals surface area contributed by atoms with Crippen LogP contribution in [0.3, 0.4) is 0 Å². The number of nitrogens with one attached hydrogen (secondary N) is 1. The van der Waals surface area contributed by atoms with Crippen molar-refractivity contribution in [3.63, 3.8) is 0 Å². The van der Waals surface area contributed by atoms with Crippen molar-refractivity contribution in [2.75, 3.05) is 11.9 Å². The lowest BCUT2D eigenvalue weighted by molar-refractivity contribution is -0.146. The Hall–Kier alpha value is -2.40. The van der Waals surface area contributed by atoms with E-state index in [1.165, 1.54) is 12.1 Å². The third-order valence-electron chi connectivity index (χ3n) is 3.00. The first-order valence-electron chi connectivity index (χ1n) is 6.90. The van der Waals surface area contributed by atoms with Crippen molar-refractivity contribution in [2.45, 2.75) is 13.3 Å². The second kappa shape index (κ2) is 7.74. The summed E-state index contributed by atoms with van der Waals surface area (Å²) in [4.78, 5) is 23.4. The molecule has 0 heterocycles. The molecular weight excluding hydrogens is 321 g/mol. The Morgan fingerprint density at radius 1 is 1.22 bits per heavy atom. The van der Waals surface area contributed by atoms with Crippen molar-refractivity contribution in [1.82, 2.24) is 0 Å². The summed E-state index contributed by atoms with van der Waals surface area (Å²) in [6, 6.07) is 11.3. The van der Waals surface area contributed by atoms with Gasteiger partial charge in [-0.15, -0.1) is 0 Å². The van der Waals surface area contributed by atoms with E-state index in [-0.39, 0.29) is 17.1 Å². The maximum Gasteiger partial charge on any atom is 0.310 e. The number of benzene rings is 2. The number of hydrogen-bond acceptors (Lipinski definition) is 3. The number of halogens is 2. The van der Waals surface area contributed by atoms with Gasteiger partial charge in [-0.1, -0.05) is 41.4 Å². The summed E-state index contributed by atoms with van der Waals surface area (Å²) in [6.07, 6.45) is 0.0737. The molecule has 0 bridgehead atoms. The second-order valence-electron chi connectivity index (χ2n) is 5.00. The average Bonchev–Trinajstić information content (AvgIpc) is 2.48. The number of hydrogen-bond donors (Lipinski definition) is 1. The van der Waals surface area contributed by atoms with Gasteiger partial charge in [-0.2, -0.15) is 0 Å². The first-order valence-corrected chi connectivity index (χ1v) is 7.28. The third kappa shape index (κ3) is 5.38. The Labute approximate surface area is 138 Å². The van der Waals surface area contributed by atoms with Crippen molar-refractivity contribution < 1.29 is 18.7 Å². The van der Waals surface area contributed by atoms with E-state index in [1.54, 1.807) is 6.07 Å². The van der Waals surface area contributed by atoms with Gasteiger partial charge in [0.15, 0.2) is 6.61 Å². The zero-order valence-corrected chi connectivity index (χ0v) is 13.2. The molecule has 6 heteroatoms. The summed E-state index contributed by atoms with van der Waals surface area (Å²) in [5.74, 6) is -1.80. The van der Waals surface area contributed by atoms with Crippen LogP contribution in [-0.2, 0) is 20.7 Å². The van der Waals surface area contributed by atoms with Crippen molar-refractivity contribution in [1.29, 1.82) is 0 Å². The van der Waals surface area contributed by atoms with Gasteiger partial charge in [0, 0.05) is 5.02 Å². The number of carbonyl (C=O) groups is 2. The van der Waals surface area contributed by atoms with Gasteiger partial charge in [-0.05, 0) is 30.7 Å². The summed E-state index contributed by atoms with van der Waals surface area (Å²) in [5.41, 5.74) is 1.82. The number of ether oxygens (including phenoxy) is 1. The summed E-state index contributed by atoms with van der Waals surface area (Å²) in [7, 11) is 0. The predicted octanol–water partition coefficient (Wildman–Crippen LogP) is 3.51. The van der Waals surface area contributed by atoms with Crippen LogP contribution in [0.25, 0.3) is 0 Å². The van der Waals surface area contributed by atoms with Gasteiger partial charge in [-0.3, -0.25) is 9.59 Å². The Bertz CT molecular complexity index is 734. The quantitative estimate of drug-likeness (QED) is 0.851. The minimum absolute atomic E-state index is 0.0193. The van der Waals surface area contributed by atoms with E-state index in [0.717, 1.165) is 17.2 Å². The summed E-state index contributed by atoms with van der Waals surface area (Å²) in [5, 5.41) is 2.54. The molecule has 1 amide bonds. The monoisotopic (exact) mass is 335 g/mol. The number of esters is 1. The number of anilines is 1. The molecule has 0 aliphatic heterocycles. The molecule has 0 aliphatic carbocycles. The molecular formula is C17H15ClFNO3. The molecule has 0 atom stereocenters. The Morgan fingerprint density at radius 2 is 2.00 bits per heavy atom. The predicted molar refractivity (Wildman–Crippen MR) is 85.9 cm³/mol. The van der Waals surface area contributed by atoms with Crippen LogP contribution >= 0.6 is 11.6 Å². The number of aryl methyl sites for hydroxylation is 1. The standard InChI is InChI=1S/C17H15ClFNO3/c1-11-3-2-4-12(7-11)8-17(22)23-10-16(21)20-15-6-5-13(18)9-14(15)19/h2-7,9H,8,10H2,1H3,(H,20,21). The maximum atomic E-state index is 13.5. The molecule has 0 aliphatic rings. The van der Waals surface area contributed by atoms with Crippen molar-refractivity contribution in [2.24, 2.45) is 0 Å². The van der Waals surface area contributed by atoms with Crippen LogP contribution in [0.15, 0.2) is 42.5 Å². The molecule has 0 unspecified atom stereocenters. The van der Waals surface area contributed by atoms with E-state index in [9.17, 15) is 14.0 Å². The van der Waals surface area contributed by atoms with Gasteiger partial charge >= 0.3 is 5.97 Å². The molecule has 0 saturated carbocycles. The fourth-order valence-electron chi connectivity index (χ4n) is 1.96. The van der Waals surface area contributed by atoms with Crippen LogP contribution in [0, 0.1) is 12.7 Å². The summed E-state index contributed by atoms with van der Waals surface area (Å²) >= 11 is 5.62. The lowest BCUT2D eigenvalue weighted by Gasteiger charge is -2.08. The smallest absolute Gasteiger partial charge is 0.310 e. The molecule has 0 radical (unpaired) electrons. The number of carbonyl (C=O) groups excluding carboxylic acids is 2. The summed E-state index contributed by atoms with van der Waals surface area (Å²) in [6.45, 7) is 1.44. The van der Waals surface area contributed by atoms with Gasteiger partial charge in [-0.25, -0.2) is 4.39 Å². The topological polar surface area (TPSA) is 55.4 Å². The van der Waals surface area contributed by atoms with Gasteiger partial charge in [0.2, 0.25) is 0 Å². The van der Waals surface area contributed by atoms with Crippen LogP contribution in [0.1, 0.15) is 11.1 Å². The minimum Gasteiger partial charge on any atom is -0.455 e. The zero-order chi connectivity index (χ0) is 16.8. The Kier molecular flexibility index (Phi) is 5.71. The molecule has 0 spiro atoms. The van der Waals surface area contributed by atoms with Gasteiger partial charge < -0.3 is 10.1 Å². The summed E-state index contributed by atoms with van der Waals surface area (Å²) < 4.78 is 18.4. The minimum atomic E-state index is -0.656. The fraction of sp³-hybridized carbons (Fsp3) is 0.176. The van der Waals surface area contributed by atoms with Gasteiger partial charge in [0.05, 0.1) is 12.1 Å². The van der Waals surface area contributed by atoms with E-state index in [2.05, 4.69) is 5.32 Å². The Balaban J connectivity index is 1.83. The van der Waals surface area contributed by atoms with Crippen LogP contribution in [0.2, 0.25) is 5.02 Å². The molecule has 2 rings (SSSR count). The highest BCUT2D eigenvalue weighted by Gasteiger charge is 2.11. The van der Waals surface area contributed by atoms with Gasteiger partial charge in [0.1, 0.15) is 5.82 Å². The molecule has 120 valence electrons.